The van der Waals surface area contributed by atoms with E-state index in [1.165, 1.54) is 0 Å². The zero-order valence-electron chi connectivity index (χ0n) is 7.37. The van der Waals surface area contributed by atoms with Crippen LogP contribution < -0.4 is 0 Å². The third-order valence-electron chi connectivity index (χ3n) is 1.88. The standard InChI is InChI=1S/C8H10N4/c1-5-8-7(12(3)11-5)4-9-6(2)10-8/h4H,1-3H3. The Labute approximate surface area is 70.3 Å². The largest absolute Gasteiger partial charge is 0.264 e. The highest BCUT2D eigenvalue weighted by Gasteiger charge is 2.05. The SMILES string of the molecule is Cc1ncc2c(n1)c(C)nn2C. The third-order valence-corrected chi connectivity index (χ3v) is 1.88. The molecule has 0 bridgehead atoms. The van der Waals surface area contributed by atoms with Gasteiger partial charge in [0.25, 0.3) is 0 Å². The van der Waals surface area contributed by atoms with Crippen molar-refractivity contribution in [3.05, 3.63) is 17.7 Å². The van der Waals surface area contributed by atoms with Crippen molar-refractivity contribution in [3.8, 4) is 0 Å². The Kier molecular flexibility index (Phi) is 1.36. The first-order valence-corrected chi connectivity index (χ1v) is 3.81. The number of nitrogens with zero attached hydrogens (tertiary/aromatic N) is 4. The van der Waals surface area contributed by atoms with Gasteiger partial charge in [0.2, 0.25) is 0 Å². The molecule has 0 saturated heterocycles. The maximum absolute atomic E-state index is 4.30. The van der Waals surface area contributed by atoms with Gasteiger partial charge in [0.1, 0.15) is 16.9 Å². The minimum atomic E-state index is 0.790. The van der Waals surface area contributed by atoms with E-state index in [-0.39, 0.29) is 0 Å². The minimum Gasteiger partial charge on any atom is -0.264 e. The number of fused-ring (bicyclic) bond motifs is 1. The van der Waals surface area contributed by atoms with Gasteiger partial charge >= 0.3 is 0 Å². The Bertz CT molecular complexity index is 430. The van der Waals surface area contributed by atoms with E-state index >= 15 is 0 Å². The molecule has 0 spiro atoms. The van der Waals surface area contributed by atoms with Gasteiger partial charge in [-0.25, -0.2) is 9.97 Å². The monoisotopic (exact) mass is 162 g/mol. The molecule has 0 saturated carbocycles. The molecule has 2 aromatic rings. The molecule has 0 aromatic carbocycles. The molecule has 0 aliphatic heterocycles. The van der Waals surface area contributed by atoms with E-state index in [4.69, 9.17) is 0 Å². The molecule has 12 heavy (non-hydrogen) atoms. The smallest absolute Gasteiger partial charge is 0.126 e. The minimum absolute atomic E-state index is 0.790. The fraction of sp³-hybridized carbons (Fsp3) is 0.375. The van der Waals surface area contributed by atoms with Crippen molar-refractivity contribution in [2.75, 3.05) is 0 Å². The van der Waals surface area contributed by atoms with Crippen LogP contribution in [0.3, 0.4) is 0 Å². The number of hydrogen-bond acceptors (Lipinski definition) is 3. The fourth-order valence-electron chi connectivity index (χ4n) is 1.29. The second-order valence-electron chi connectivity index (χ2n) is 2.86. The Morgan fingerprint density at radius 1 is 1.33 bits per heavy atom. The van der Waals surface area contributed by atoms with Gasteiger partial charge in [0.15, 0.2) is 0 Å². The molecule has 0 radical (unpaired) electrons. The van der Waals surface area contributed by atoms with Gasteiger partial charge in [0.05, 0.1) is 11.9 Å². The van der Waals surface area contributed by atoms with E-state index < -0.39 is 0 Å². The molecule has 2 heterocycles. The lowest BCUT2D eigenvalue weighted by Crippen LogP contribution is -1.91. The van der Waals surface area contributed by atoms with E-state index in [0.717, 1.165) is 22.6 Å². The van der Waals surface area contributed by atoms with E-state index in [9.17, 15) is 0 Å². The molecule has 0 N–H and O–H groups in total. The predicted octanol–water partition coefficient (Wildman–Crippen LogP) is 0.980. The van der Waals surface area contributed by atoms with Crippen LogP contribution in [0.25, 0.3) is 11.0 Å². The molecule has 4 nitrogen and oxygen atoms in total. The number of aromatic nitrogens is 4. The zero-order valence-corrected chi connectivity index (χ0v) is 7.37. The molecule has 2 rings (SSSR count). The second-order valence-corrected chi connectivity index (χ2v) is 2.86. The highest BCUT2D eigenvalue weighted by Crippen LogP contribution is 2.12. The van der Waals surface area contributed by atoms with Crippen LogP contribution in [0.4, 0.5) is 0 Å². The van der Waals surface area contributed by atoms with Crippen LogP contribution in [0.1, 0.15) is 11.5 Å². The van der Waals surface area contributed by atoms with Crippen LogP contribution in [0.15, 0.2) is 6.20 Å². The molecule has 62 valence electrons. The van der Waals surface area contributed by atoms with Crippen LogP contribution in [-0.4, -0.2) is 19.7 Å². The summed E-state index contributed by atoms with van der Waals surface area (Å²) in [5.41, 5.74) is 2.89. The molecule has 0 aliphatic carbocycles. The van der Waals surface area contributed by atoms with Gasteiger partial charge in [0, 0.05) is 7.05 Å². The number of aryl methyl sites for hydroxylation is 3. The van der Waals surface area contributed by atoms with Gasteiger partial charge in [-0.15, -0.1) is 0 Å². The Morgan fingerprint density at radius 3 is 2.83 bits per heavy atom. The summed E-state index contributed by atoms with van der Waals surface area (Å²) in [7, 11) is 1.90. The first-order chi connectivity index (χ1) is 5.68. The average molecular weight is 162 g/mol. The molecule has 2 aromatic heterocycles. The Balaban J connectivity index is 2.90. The Morgan fingerprint density at radius 2 is 2.08 bits per heavy atom. The summed E-state index contributed by atoms with van der Waals surface area (Å²) in [6.07, 6.45) is 1.80. The summed E-state index contributed by atoms with van der Waals surface area (Å²) in [5.74, 6) is 0.790. The number of rotatable bonds is 0. The molecule has 0 unspecified atom stereocenters. The lowest BCUT2D eigenvalue weighted by molar-refractivity contribution is 0.782. The lowest BCUT2D eigenvalue weighted by Gasteiger charge is -1.92. The van der Waals surface area contributed by atoms with Gasteiger partial charge in [-0.05, 0) is 13.8 Å². The van der Waals surface area contributed by atoms with Crippen molar-refractivity contribution in [1.29, 1.82) is 0 Å². The summed E-state index contributed by atoms with van der Waals surface area (Å²) in [4.78, 5) is 8.41. The van der Waals surface area contributed by atoms with Crippen molar-refractivity contribution in [2.45, 2.75) is 13.8 Å². The highest BCUT2D eigenvalue weighted by atomic mass is 15.3. The maximum atomic E-state index is 4.30. The van der Waals surface area contributed by atoms with Crippen molar-refractivity contribution in [2.24, 2.45) is 7.05 Å². The topological polar surface area (TPSA) is 43.6 Å². The van der Waals surface area contributed by atoms with Gasteiger partial charge in [-0.2, -0.15) is 5.10 Å². The summed E-state index contributed by atoms with van der Waals surface area (Å²) in [6.45, 7) is 3.83. The van der Waals surface area contributed by atoms with Crippen molar-refractivity contribution in [3.63, 3.8) is 0 Å². The predicted molar refractivity (Wildman–Crippen MR) is 45.8 cm³/mol. The van der Waals surface area contributed by atoms with E-state index in [2.05, 4.69) is 15.1 Å². The molecule has 0 atom stereocenters. The van der Waals surface area contributed by atoms with Crippen LogP contribution in [-0.2, 0) is 7.05 Å². The summed E-state index contributed by atoms with van der Waals surface area (Å²) < 4.78 is 1.80. The summed E-state index contributed by atoms with van der Waals surface area (Å²) in [5, 5.41) is 4.25. The zero-order chi connectivity index (χ0) is 8.72. The van der Waals surface area contributed by atoms with Crippen molar-refractivity contribution >= 4 is 11.0 Å². The van der Waals surface area contributed by atoms with Gasteiger partial charge in [-0.1, -0.05) is 0 Å². The maximum Gasteiger partial charge on any atom is 0.126 e. The normalized spacial score (nSPS) is 10.9. The first kappa shape index (κ1) is 7.21. The lowest BCUT2D eigenvalue weighted by atomic mass is 10.4. The molecular weight excluding hydrogens is 152 g/mol. The van der Waals surface area contributed by atoms with Crippen molar-refractivity contribution in [1.82, 2.24) is 19.7 Å². The molecule has 0 aliphatic rings. The Hall–Kier alpha value is -1.45. The summed E-state index contributed by atoms with van der Waals surface area (Å²) >= 11 is 0. The van der Waals surface area contributed by atoms with Crippen LogP contribution in [0, 0.1) is 13.8 Å². The third kappa shape index (κ3) is 0.879. The van der Waals surface area contributed by atoms with E-state index in [1.807, 2.05) is 20.9 Å². The van der Waals surface area contributed by atoms with Crippen molar-refractivity contribution < 1.29 is 0 Å². The van der Waals surface area contributed by atoms with Crippen LogP contribution in [0.2, 0.25) is 0 Å². The molecule has 0 amide bonds. The summed E-state index contributed by atoms with van der Waals surface area (Å²) in [6, 6.07) is 0. The molecule has 0 fully saturated rings. The van der Waals surface area contributed by atoms with Gasteiger partial charge in [-0.3, -0.25) is 4.68 Å². The average Bonchev–Trinajstić information content (AvgIpc) is 2.28. The molecule has 4 heteroatoms. The van der Waals surface area contributed by atoms with Crippen LogP contribution >= 0.6 is 0 Å². The van der Waals surface area contributed by atoms with Crippen LogP contribution in [0.5, 0.6) is 0 Å². The van der Waals surface area contributed by atoms with E-state index in [0.29, 0.717) is 0 Å². The van der Waals surface area contributed by atoms with E-state index in [1.54, 1.807) is 10.9 Å². The fourth-order valence-corrected chi connectivity index (χ4v) is 1.29. The first-order valence-electron chi connectivity index (χ1n) is 3.81. The quantitative estimate of drug-likeness (QED) is 0.580. The number of hydrogen-bond donors (Lipinski definition) is 0. The second kappa shape index (κ2) is 2.27. The van der Waals surface area contributed by atoms with Gasteiger partial charge < -0.3 is 0 Å². The molecular formula is C8H10N4. The highest BCUT2D eigenvalue weighted by molar-refractivity contribution is 5.76.